The highest BCUT2D eigenvalue weighted by molar-refractivity contribution is 6.11. The standard InChI is InChI=1S/C56H38N2/c1-3-17-41(18-4-1)49-23-11-13-25-53(49)57(47-21-5-2-6-22-47)48-32-33-51-50-24-12-14-26-54(50)58(56(51)38-48)55-34-31-45(44-29-27-39-15-7-9-19-42(39)35-44)37-52(55)46-30-28-40-16-8-10-20-43(40)36-46/h1-38H. The zero-order valence-electron chi connectivity index (χ0n) is 31.8. The van der Waals surface area contributed by atoms with Crippen molar-refractivity contribution >= 4 is 60.4 Å². The number of aromatic nitrogens is 1. The summed E-state index contributed by atoms with van der Waals surface area (Å²) in [5, 5.41) is 7.38. The van der Waals surface area contributed by atoms with Gasteiger partial charge in [-0.05, 0) is 104 Å². The molecule has 2 nitrogen and oxygen atoms in total. The van der Waals surface area contributed by atoms with Crippen molar-refractivity contribution in [3.8, 4) is 39.1 Å². The predicted octanol–water partition coefficient (Wildman–Crippen LogP) is 15.6. The maximum atomic E-state index is 2.48. The average molecular weight is 739 g/mol. The molecule has 0 radical (unpaired) electrons. The van der Waals surface area contributed by atoms with E-state index in [4.69, 9.17) is 0 Å². The molecule has 0 atom stereocenters. The Morgan fingerprint density at radius 1 is 0.293 bits per heavy atom. The van der Waals surface area contributed by atoms with Crippen molar-refractivity contribution in [1.29, 1.82) is 0 Å². The van der Waals surface area contributed by atoms with Crippen molar-refractivity contribution in [3.63, 3.8) is 0 Å². The lowest BCUT2D eigenvalue weighted by atomic mass is 9.94. The van der Waals surface area contributed by atoms with E-state index < -0.39 is 0 Å². The number of fused-ring (bicyclic) bond motifs is 5. The molecule has 272 valence electrons. The van der Waals surface area contributed by atoms with Crippen LogP contribution in [-0.4, -0.2) is 4.57 Å². The van der Waals surface area contributed by atoms with Gasteiger partial charge in [0.25, 0.3) is 0 Å². The van der Waals surface area contributed by atoms with Crippen LogP contribution in [-0.2, 0) is 0 Å². The maximum absolute atomic E-state index is 2.48. The molecule has 0 N–H and O–H groups in total. The molecular formula is C56H38N2. The van der Waals surface area contributed by atoms with Gasteiger partial charge in [-0.25, -0.2) is 0 Å². The molecule has 11 aromatic rings. The molecule has 0 unspecified atom stereocenters. The lowest BCUT2D eigenvalue weighted by molar-refractivity contribution is 1.18. The Labute approximate surface area is 338 Å². The third-order valence-corrected chi connectivity index (χ3v) is 11.5. The molecule has 0 spiro atoms. The van der Waals surface area contributed by atoms with Crippen molar-refractivity contribution in [3.05, 3.63) is 231 Å². The Kier molecular flexibility index (Phi) is 8.19. The van der Waals surface area contributed by atoms with Crippen molar-refractivity contribution in [1.82, 2.24) is 4.57 Å². The molecule has 0 aliphatic heterocycles. The number of nitrogens with zero attached hydrogens (tertiary/aromatic N) is 2. The quantitative estimate of drug-likeness (QED) is 0.158. The van der Waals surface area contributed by atoms with Gasteiger partial charge in [-0.3, -0.25) is 0 Å². The van der Waals surface area contributed by atoms with Gasteiger partial charge in [0, 0.05) is 33.3 Å². The number of hydrogen-bond donors (Lipinski definition) is 0. The molecule has 0 aliphatic carbocycles. The molecule has 0 amide bonds. The fourth-order valence-electron chi connectivity index (χ4n) is 8.76. The van der Waals surface area contributed by atoms with E-state index >= 15 is 0 Å². The highest BCUT2D eigenvalue weighted by atomic mass is 15.1. The molecule has 58 heavy (non-hydrogen) atoms. The van der Waals surface area contributed by atoms with E-state index in [0.29, 0.717) is 0 Å². The molecule has 0 saturated carbocycles. The van der Waals surface area contributed by atoms with Gasteiger partial charge in [-0.1, -0.05) is 170 Å². The lowest BCUT2D eigenvalue weighted by Crippen LogP contribution is -2.11. The second-order valence-corrected chi connectivity index (χ2v) is 15.0. The fraction of sp³-hybridized carbons (Fsp3) is 0. The van der Waals surface area contributed by atoms with Gasteiger partial charge in [-0.15, -0.1) is 0 Å². The molecular weight excluding hydrogens is 701 g/mol. The Morgan fingerprint density at radius 2 is 0.862 bits per heavy atom. The molecule has 1 heterocycles. The smallest absolute Gasteiger partial charge is 0.0562 e. The van der Waals surface area contributed by atoms with E-state index in [1.807, 2.05) is 0 Å². The maximum Gasteiger partial charge on any atom is 0.0562 e. The number of para-hydroxylation sites is 3. The van der Waals surface area contributed by atoms with E-state index in [1.165, 1.54) is 71.2 Å². The fourth-order valence-corrected chi connectivity index (χ4v) is 8.76. The summed E-state index contributed by atoms with van der Waals surface area (Å²) in [5.74, 6) is 0. The van der Waals surface area contributed by atoms with Crippen LogP contribution in [0.5, 0.6) is 0 Å². The molecule has 2 heteroatoms. The number of hydrogen-bond acceptors (Lipinski definition) is 1. The van der Waals surface area contributed by atoms with Crippen LogP contribution < -0.4 is 4.90 Å². The normalized spacial score (nSPS) is 11.4. The van der Waals surface area contributed by atoms with Gasteiger partial charge in [-0.2, -0.15) is 0 Å². The van der Waals surface area contributed by atoms with Crippen molar-refractivity contribution in [2.24, 2.45) is 0 Å². The SMILES string of the molecule is c1ccc(-c2ccccc2N(c2ccccc2)c2ccc3c4ccccc4n(-c4ccc(-c5ccc6ccccc6c5)cc4-c4ccc5ccccc5c4)c3c2)cc1. The van der Waals surface area contributed by atoms with Crippen molar-refractivity contribution in [2.45, 2.75) is 0 Å². The molecule has 0 fully saturated rings. The topological polar surface area (TPSA) is 8.17 Å². The number of benzene rings is 10. The van der Waals surface area contributed by atoms with Crippen LogP contribution in [0.1, 0.15) is 0 Å². The van der Waals surface area contributed by atoms with E-state index in [9.17, 15) is 0 Å². The second kappa shape index (κ2) is 14.1. The number of anilines is 3. The summed E-state index contributed by atoms with van der Waals surface area (Å²) < 4.78 is 2.48. The van der Waals surface area contributed by atoms with Crippen molar-refractivity contribution < 1.29 is 0 Å². The first-order valence-corrected chi connectivity index (χ1v) is 19.9. The van der Waals surface area contributed by atoms with Crippen LogP contribution in [0.3, 0.4) is 0 Å². The monoisotopic (exact) mass is 738 g/mol. The van der Waals surface area contributed by atoms with Gasteiger partial charge in [0.15, 0.2) is 0 Å². The van der Waals surface area contributed by atoms with Crippen LogP contribution in [0.4, 0.5) is 17.1 Å². The largest absolute Gasteiger partial charge is 0.310 e. The lowest BCUT2D eigenvalue weighted by Gasteiger charge is -2.28. The summed E-state index contributed by atoms with van der Waals surface area (Å²) in [6.45, 7) is 0. The average Bonchev–Trinajstić information content (AvgIpc) is 3.63. The van der Waals surface area contributed by atoms with Crippen LogP contribution in [0, 0.1) is 0 Å². The van der Waals surface area contributed by atoms with Crippen LogP contribution in [0.15, 0.2) is 231 Å². The second-order valence-electron chi connectivity index (χ2n) is 15.0. The summed E-state index contributed by atoms with van der Waals surface area (Å²) in [6, 6.07) is 83.9. The third kappa shape index (κ3) is 5.82. The summed E-state index contributed by atoms with van der Waals surface area (Å²) >= 11 is 0. The minimum atomic E-state index is 1.09. The molecule has 10 aromatic carbocycles. The minimum Gasteiger partial charge on any atom is -0.310 e. The number of rotatable bonds is 7. The molecule has 0 saturated heterocycles. The Morgan fingerprint density at radius 3 is 1.64 bits per heavy atom. The first-order valence-electron chi connectivity index (χ1n) is 19.9. The van der Waals surface area contributed by atoms with Gasteiger partial charge in [0.2, 0.25) is 0 Å². The van der Waals surface area contributed by atoms with E-state index in [1.54, 1.807) is 0 Å². The Balaban J connectivity index is 1.17. The molecule has 1 aromatic heterocycles. The zero-order valence-corrected chi connectivity index (χ0v) is 31.8. The summed E-state index contributed by atoms with van der Waals surface area (Å²) in [6.07, 6.45) is 0. The summed E-state index contributed by atoms with van der Waals surface area (Å²) in [7, 11) is 0. The van der Waals surface area contributed by atoms with Crippen LogP contribution in [0.25, 0.3) is 82.4 Å². The van der Waals surface area contributed by atoms with E-state index in [0.717, 1.165) is 28.3 Å². The van der Waals surface area contributed by atoms with Gasteiger partial charge < -0.3 is 9.47 Å². The van der Waals surface area contributed by atoms with E-state index in [2.05, 4.69) is 240 Å². The van der Waals surface area contributed by atoms with Gasteiger partial charge >= 0.3 is 0 Å². The van der Waals surface area contributed by atoms with Gasteiger partial charge in [0.1, 0.15) is 0 Å². The highest BCUT2D eigenvalue weighted by Gasteiger charge is 2.21. The Bertz CT molecular complexity index is 3290. The minimum absolute atomic E-state index is 1.09. The first kappa shape index (κ1) is 33.6. The predicted molar refractivity (Wildman–Crippen MR) is 247 cm³/mol. The molecule has 0 bridgehead atoms. The Hall–Kier alpha value is -7.68. The van der Waals surface area contributed by atoms with Gasteiger partial charge in [0.05, 0.1) is 22.4 Å². The summed E-state index contributed by atoms with van der Waals surface area (Å²) in [5.41, 5.74) is 13.9. The highest BCUT2D eigenvalue weighted by Crippen LogP contribution is 2.44. The summed E-state index contributed by atoms with van der Waals surface area (Å²) in [4.78, 5) is 2.40. The molecule has 0 aliphatic rings. The third-order valence-electron chi connectivity index (χ3n) is 11.5. The van der Waals surface area contributed by atoms with Crippen molar-refractivity contribution in [2.75, 3.05) is 4.90 Å². The van der Waals surface area contributed by atoms with Crippen LogP contribution in [0.2, 0.25) is 0 Å². The first-order chi connectivity index (χ1) is 28.8. The van der Waals surface area contributed by atoms with E-state index in [-0.39, 0.29) is 0 Å². The van der Waals surface area contributed by atoms with Crippen LogP contribution >= 0.6 is 0 Å². The molecule has 11 rings (SSSR count). The zero-order chi connectivity index (χ0) is 38.4.